The molecule has 9 heteroatoms. The SMILES string of the molecule is CN=C(NCC(c1ccc(C)o1)N1CCOCC1)N1CCC(N2CCOCC2)C1.I. The van der Waals surface area contributed by atoms with Crippen LogP contribution in [0.5, 0.6) is 0 Å². The third-order valence-corrected chi connectivity index (χ3v) is 6.27. The van der Waals surface area contributed by atoms with E-state index in [9.17, 15) is 0 Å². The first-order valence-electron chi connectivity index (χ1n) is 10.9. The average molecular weight is 533 g/mol. The molecule has 1 aromatic heterocycles. The van der Waals surface area contributed by atoms with Crippen molar-refractivity contribution in [3.63, 3.8) is 0 Å². The molecule has 1 N–H and O–H groups in total. The van der Waals surface area contributed by atoms with Crippen LogP contribution in [0.1, 0.15) is 24.0 Å². The summed E-state index contributed by atoms with van der Waals surface area (Å²) in [7, 11) is 1.88. The molecule has 0 bridgehead atoms. The number of nitrogens with one attached hydrogen (secondary N) is 1. The summed E-state index contributed by atoms with van der Waals surface area (Å²) >= 11 is 0. The van der Waals surface area contributed by atoms with E-state index in [2.05, 4.69) is 31.1 Å². The Kier molecular flexibility index (Phi) is 9.24. The van der Waals surface area contributed by atoms with Crippen LogP contribution in [-0.2, 0) is 9.47 Å². The average Bonchev–Trinajstić information content (AvgIpc) is 3.42. The summed E-state index contributed by atoms with van der Waals surface area (Å²) in [5.74, 6) is 2.96. The lowest BCUT2D eigenvalue weighted by Crippen LogP contribution is -2.48. The van der Waals surface area contributed by atoms with Gasteiger partial charge >= 0.3 is 0 Å². The van der Waals surface area contributed by atoms with Gasteiger partial charge in [0.2, 0.25) is 0 Å². The number of halogens is 1. The number of aliphatic imine (C=N–C) groups is 1. The number of furan rings is 1. The zero-order chi connectivity index (χ0) is 20.1. The molecular weight excluding hydrogens is 497 g/mol. The van der Waals surface area contributed by atoms with E-state index in [1.54, 1.807) is 0 Å². The van der Waals surface area contributed by atoms with Gasteiger partial charge in [-0.25, -0.2) is 0 Å². The first-order chi connectivity index (χ1) is 14.2. The summed E-state index contributed by atoms with van der Waals surface area (Å²) in [6, 6.07) is 4.93. The number of rotatable bonds is 5. The predicted molar refractivity (Wildman–Crippen MR) is 128 cm³/mol. The molecule has 3 fully saturated rings. The molecule has 2 unspecified atom stereocenters. The lowest BCUT2D eigenvalue weighted by molar-refractivity contribution is 0.0123. The van der Waals surface area contributed by atoms with Gasteiger partial charge in [0.25, 0.3) is 0 Å². The second kappa shape index (κ2) is 11.7. The molecule has 3 aliphatic heterocycles. The number of morpholine rings is 2. The number of hydrogen-bond acceptors (Lipinski definition) is 6. The fourth-order valence-electron chi connectivity index (χ4n) is 4.63. The highest BCUT2D eigenvalue weighted by Gasteiger charge is 2.31. The van der Waals surface area contributed by atoms with E-state index in [4.69, 9.17) is 13.9 Å². The van der Waals surface area contributed by atoms with Crippen LogP contribution in [0.25, 0.3) is 0 Å². The van der Waals surface area contributed by atoms with E-state index < -0.39 is 0 Å². The minimum Gasteiger partial charge on any atom is -0.465 e. The molecule has 4 rings (SSSR count). The lowest BCUT2D eigenvalue weighted by Gasteiger charge is -2.34. The standard InChI is InChI=1S/C21H35N5O3.HI/c1-17-3-4-20(29-17)19(25-9-13-28-14-10-25)15-23-21(22-2)26-6-5-18(16-26)24-7-11-27-12-8-24;/h3-4,18-19H,5-16H2,1-2H3,(H,22,23);1H. The molecule has 0 radical (unpaired) electrons. The smallest absolute Gasteiger partial charge is 0.193 e. The molecule has 170 valence electrons. The topological polar surface area (TPSA) is 65.7 Å². The van der Waals surface area contributed by atoms with Crippen LogP contribution in [0.15, 0.2) is 21.5 Å². The van der Waals surface area contributed by atoms with Gasteiger partial charge in [-0.2, -0.15) is 0 Å². The second-order valence-corrected chi connectivity index (χ2v) is 8.08. The van der Waals surface area contributed by atoms with Crippen LogP contribution in [0, 0.1) is 6.92 Å². The van der Waals surface area contributed by atoms with Crippen LogP contribution in [0.3, 0.4) is 0 Å². The van der Waals surface area contributed by atoms with Crippen molar-refractivity contribution in [2.75, 3.05) is 79.3 Å². The lowest BCUT2D eigenvalue weighted by atomic mass is 10.1. The Balaban J connectivity index is 0.00000256. The van der Waals surface area contributed by atoms with Crippen molar-refractivity contribution in [1.82, 2.24) is 20.0 Å². The summed E-state index contributed by atoms with van der Waals surface area (Å²) < 4.78 is 17.0. The van der Waals surface area contributed by atoms with Gasteiger partial charge in [0.05, 0.1) is 32.5 Å². The number of hydrogen-bond donors (Lipinski definition) is 1. The molecule has 0 saturated carbocycles. The van der Waals surface area contributed by atoms with Crippen LogP contribution in [-0.4, -0.2) is 106 Å². The van der Waals surface area contributed by atoms with Crippen molar-refractivity contribution in [1.29, 1.82) is 0 Å². The molecule has 1 aromatic rings. The number of likely N-dealkylation sites (tertiary alicyclic amines) is 1. The van der Waals surface area contributed by atoms with Crippen molar-refractivity contribution < 1.29 is 13.9 Å². The van der Waals surface area contributed by atoms with E-state index in [-0.39, 0.29) is 30.0 Å². The molecule has 8 nitrogen and oxygen atoms in total. The van der Waals surface area contributed by atoms with Crippen molar-refractivity contribution in [2.24, 2.45) is 4.99 Å². The molecule has 0 aliphatic carbocycles. The number of guanidine groups is 1. The molecule has 3 aliphatic rings. The molecule has 0 amide bonds. The Morgan fingerprint density at radius 2 is 1.80 bits per heavy atom. The monoisotopic (exact) mass is 533 g/mol. The van der Waals surface area contributed by atoms with Crippen molar-refractivity contribution in [3.05, 3.63) is 23.7 Å². The minimum absolute atomic E-state index is 0. The summed E-state index contributed by atoms with van der Waals surface area (Å²) in [6.07, 6.45) is 1.19. The first kappa shape index (κ1) is 23.8. The Hall–Kier alpha value is -0.880. The predicted octanol–water partition coefficient (Wildman–Crippen LogP) is 1.56. The largest absolute Gasteiger partial charge is 0.465 e. The third kappa shape index (κ3) is 5.87. The van der Waals surface area contributed by atoms with Crippen LogP contribution >= 0.6 is 24.0 Å². The summed E-state index contributed by atoms with van der Waals surface area (Å²) in [5, 5.41) is 3.63. The van der Waals surface area contributed by atoms with Crippen molar-refractivity contribution in [2.45, 2.75) is 25.4 Å². The first-order valence-corrected chi connectivity index (χ1v) is 10.9. The van der Waals surface area contributed by atoms with Crippen molar-refractivity contribution in [3.8, 4) is 0 Å². The number of aryl methyl sites for hydroxylation is 1. The maximum absolute atomic E-state index is 5.99. The fourth-order valence-corrected chi connectivity index (χ4v) is 4.63. The molecule has 2 atom stereocenters. The Labute approximate surface area is 197 Å². The zero-order valence-corrected chi connectivity index (χ0v) is 20.5. The zero-order valence-electron chi connectivity index (χ0n) is 18.2. The van der Waals surface area contributed by atoms with E-state index in [1.165, 1.54) is 6.42 Å². The molecular formula is C21H36IN5O3. The maximum Gasteiger partial charge on any atom is 0.193 e. The van der Waals surface area contributed by atoms with Gasteiger partial charge in [-0.1, -0.05) is 0 Å². The van der Waals surface area contributed by atoms with Crippen LogP contribution in [0.2, 0.25) is 0 Å². The summed E-state index contributed by atoms with van der Waals surface area (Å²) in [4.78, 5) is 12.0. The van der Waals surface area contributed by atoms with Crippen LogP contribution < -0.4 is 5.32 Å². The van der Waals surface area contributed by atoms with Gasteiger partial charge in [-0.15, -0.1) is 24.0 Å². The Morgan fingerprint density at radius 1 is 1.10 bits per heavy atom. The van der Waals surface area contributed by atoms with Crippen molar-refractivity contribution >= 4 is 29.9 Å². The third-order valence-electron chi connectivity index (χ3n) is 6.27. The summed E-state index contributed by atoms with van der Waals surface area (Å²) in [5.41, 5.74) is 0. The normalized spacial score (nSPS) is 25.2. The highest BCUT2D eigenvalue weighted by molar-refractivity contribution is 14.0. The van der Waals surface area contributed by atoms with Gasteiger partial charge in [-0.05, 0) is 25.5 Å². The van der Waals surface area contributed by atoms with Gasteiger partial charge in [0.15, 0.2) is 5.96 Å². The van der Waals surface area contributed by atoms with Gasteiger partial charge in [0, 0.05) is 58.9 Å². The highest BCUT2D eigenvalue weighted by Crippen LogP contribution is 2.24. The molecule has 4 heterocycles. The maximum atomic E-state index is 5.99. The highest BCUT2D eigenvalue weighted by atomic mass is 127. The fraction of sp³-hybridized carbons (Fsp3) is 0.762. The Bertz CT molecular complexity index is 673. The number of ether oxygens (including phenoxy) is 2. The van der Waals surface area contributed by atoms with E-state index in [0.717, 1.165) is 89.7 Å². The van der Waals surface area contributed by atoms with E-state index in [1.807, 2.05) is 20.0 Å². The minimum atomic E-state index is 0. The second-order valence-electron chi connectivity index (χ2n) is 8.08. The van der Waals surface area contributed by atoms with Gasteiger partial charge < -0.3 is 24.1 Å². The van der Waals surface area contributed by atoms with Gasteiger partial charge in [-0.3, -0.25) is 14.8 Å². The summed E-state index contributed by atoms with van der Waals surface area (Å²) in [6.45, 7) is 12.0. The van der Waals surface area contributed by atoms with E-state index >= 15 is 0 Å². The molecule has 0 spiro atoms. The quantitative estimate of drug-likeness (QED) is 0.350. The molecule has 0 aromatic carbocycles. The van der Waals surface area contributed by atoms with Gasteiger partial charge in [0.1, 0.15) is 11.5 Å². The Morgan fingerprint density at radius 3 is 2.43 bits per heavy atom. The molecule has 30 heavy (non-hydrogen) atoms. The number of nitrogens with zero attached hydrogens (tertiary/aromatic N) is 4. The van der Waals surface area contributed by atoms with E-state index in [0.29, 0.717) is 6.04 Å². The van der Waals surface area contributed by atoms with Crippen LogP contribution in [0.4, 0.5) is 0 Å². The molecule has 3 saturated heterocycles.